The molecule has 0 bridgehead atoms. The molecule has 1 N–H and O–H groups in total. The number of allylic oxidation sites excluding steroid dienone is 1. The van der Waals surface area contributed by atoms with Crippen LogP contribution in [0.2, 0.25) is 0 Å². The minimum atomic E-state index is -0.451. The van der Waals surface area contributed by atoms with Gasteiger partial charge in [-0.15, -0.1) is 0 Å². The van der Waals surface area contributed by atoms with Gasteiger partial charge in [0.1, 0.15) is 0 Å². The Hall–Kier alpha value is -3.41. The predicted molar refractivity (Wildman–Crippen MR) is 95.8 cm³/mol. The van der Waals surface area contributed by atoms with Crippen LogP contribution in [0.4, 0.5) is 0 Å². The number of aliphatic imine (C=N–C) groups is 1. The molecule has 2 aromatic carbocycles. The van der Waals surface area contributed by atoms with Crippen molar-refractivity contribution in [2.24, 2.45) is 4.99 Å². The molecule has 0 radical (unpaired) electrons. The van der Waals surface area contributed by atoms with E-state index < -0.39 is 5.78 Å². The Kier molecular flexibility index (Phi) is 4.89. The molecule has 1 saturated heterocycles. The molecule has 0 amide bonds. The maximum atomic E-state index is 12.6. The molecule has 1 aliphatic rings. The summed E-state index contributed by atoms with van der Waals surface area (Å²) in [6, 6.07) is 18.9. The van der Waals surface area contributed by atoms with E-state index in [0.717, 1.165) is 11.1 Å². The lowest BCUT2D eigenvalue weighted by Gasteiger charge is -2.00. The van der Waals surface area contributed by atoms with Crippen LogP contribution in [0.5, 0.6) is 0 Å². The number of carbonyl (C=O) groups excluding carboxylic acids is 1. The van der Waals surface area contributed by atoms with Gasteiger partial charge in [-0.25, -0.2) is 0 Å². The normalized spacial score (nSPS) is 19.2. The molecule has 0 spiro atoms. The summed E-state index contributed by atoms with van der Waals surface area (Å²) in [5.41, 5.74) is 1.95. The zero-order valence-corrected chi connectivity index (χ0v) is 13.7. The van der Waals surface area contributed by atoms with Crippen LogP contribution in [0, 0.1) is 5.21 Å². The molecule has 0 aromatic heterocycles. The van der Waals surface area contributed by atoms with Crippen LogP contribution in [0.25, 0.3) is 6.08 Å². The first kappa shape index (κ1) is 16.4. The Balaban J connectivity index is 1.94. The molecule has 0 unspecified atom stereocenters. The van der Waals surface area contributed by atoms with Gasteiger partial charge < -0.3 is 10.2 Å². The second-order valence-corrected chi connectivity index (χ2v) is 5.36. The van der Waals surface area contributed by atoms with Crippen molar-refractivity contribution < 1.29 is 14.5 Å². The smallest absolute Gasteiger partial charge is 0.358 e. The lowest BCUT2D eigenvalue weighted by atomic mass is 10.1. The standard InChI is InChI=1S/C19H17N3O3/c1-25-22(24)17-18(23)16(12-14-8-4-2-5-9-14)21-19(17)20-13-15-10-6-3-7-11-15/h2-12H,13H2,1H3,(H,20,21)/b16-12-,22-17+. The van der Waals surface area contributed by atoms with Crippen LogP contribution in [0.15, 0.2) is 71.4 Å². The summed E-state index contributed by atoms with van der Waals surface area (Å²) >= 11 is 0. The highest BCUT2D eigenvalue weighted by atomic mass is 16.9. The maximum absolute atomic E-state index is 12.6. The van der Waals surface area contributed by atoms with Gasteiger partial charge >= 0.3 is 5.71 Å². The van der Waals surface area contributed by atoms with E-state index in [2.05, 4.69) is 15.1 Å². The summed E-state index contributed by atoms with van der Waals surface area (Å²) in [4.78, 5) is 21.8. The molecule has 6 heteroatoms. The summed E-state index contributed by atoms with van der Waals surface area (Å²) in [5.74, 6) is -0.250. The van der Waals surface area contributed by atoms with Crippen molar-refractivity contribution in [1.82, 2.24) is 5.32 Å². The molecule has 2 aromatic rings. The molecule has 6 nitrogen and oxygen atoms in total. The van der Waals surface area contributed by atoms with Crippen LogP contribution in [-0.4, -0.2) is 29.3 Å². The summed E-state index contributed by atoms with van der Waals surface area (Å²) in [6.45, 7) is 0.343. The van der Waals surface area contributed by atoms with Gasteiger partial charge in [0.2, 0.25) is 5.84 Å². The fourth-order valence-corrected chi connectivity index (χ4v) is 2.43. The van der Waals surface area contributed by atoms with Crippen LogP contribution < -0.4 is 5.32 Å². The monoisotopic (exact) mass is 335 g/mol. The topological polar surface area (TPSA) is 76.8 Å². The molecule has 1 heterocycles. The quantitative estimate of drug-likeness (QED) is 0.528. The van der Waals surface area contributed by atoms with Crippen molar-refractivity contribution in [2.45, 2.75) is 6.54 Å². The first-order valence-electron chi connectivity index (χ1n) is 7.74. The summed E-state index contributed by atoms with van der Waals surface area (Å²) in [7, 11) is 1.21. The molecule has 0 atom stereocenters. The molecule has 3 rings (SSSR count). The average molecular weight is 335 g/mol. The summed E-state index contributed by atoms with van der Waals surface area (Å²) in [6.07, 6.45) is 1.68. The molecular weight excluding hydrogens is 318 g/mol. The second kappa shape index (κ2) is 7.44. The van der Waals surface area contributed by atoms with E-state index in [-0.39, 0.29) is 22.1 Å². The SMILES string of the molecule is CO/[N+]([O-])=C1\C(=O)/C(=C/c2ccccc2)NC1=NCc1ccccc1. The Morgan fingerprint density at radius 2 is 1.76 bits per heavy atom. The number of hydrogen-bond acceptors (Lipinski definition) is 4. The third kappa shape index (κ3) is 3.74. The molecular formula is C19H17N3O3. The van der Waals surface area contributed by atoms with E-state index in [9.17, 15) is 10.0 Å². The highest BCUT2D eigenvalue weighted by Gasteiger charge is 2.40. The van der Waals surface area contributed by atoms with Gasteiger partial charge in [0.05, 0.1) is 17.1 Å². The zero-order valence-electron chi connectivity index (χ0n) is 13.7. The lowest BCUT2D eigenvalue weighted by Crippen LogP contribution is -2.28. The Morgan fingerprint density at radius 3 is 2.40 bits per heavy atom. The van der Waals surface area contributed by atoms with Crippen molar-refractivity contribution in [3.63, 3.8) is 0 Å². The minimum absolute atomic E-state index is 0.152. The van der Waals surface area contributed by atoms with Crippen molar-refractivity contribution in [1.29, 1.82) is 0 Å². The van der Waals surface area contributed by atoms with Crippen LogP contribution >= 0.6 is 0 Å². The molecule has 0 saturated carbocycles. The van der Waals surface area contributed by atoms with Crippen molar-refractivity contribution in [3.8, 4) is 0 Å². The van der Waals surface area contributed by atoms with Gasteiger partial charge in [-0.05, 0) is 17.2 Å². The number of nitrogens with one attached hydrogen (secondary N) is 1. The Labute approximate surface area is 145 Å². The number of hydrogen-bond donors (Lipinski definition) is 1. The second-order valence-electron chi connectivity index (χ2n) is 5.36. The van der Waals surface area contributed by atoms with Crippen molar-refractivity contribution >= 4 is 23.4 Å². The number of Topliss-reactive ketones (excluding diaryl/α,β-unsaturated/α-hetero) is 1. The van der Waals surface area contributed by atoms with Gasteiger partial charge in [-0.3, -0.25) is 15.0 Å². The molecule has 0 aliphatic carbocycles. The lowest BCUT2D eigenvalue weighted by molar-refractivity contribution is -0.731. The van der Waals surface area contributed by atoms with Crippen LogP contribution in [-0.2, 0) is 16.2 Å². The summed E-state index contributed by atoms with van der Waals surface area (Å²) < 4.78 is 0. The first-order valence-corrected chi connectivity index (χ1v) is 7.74. The largest absolute Gasteiger partial charge is 0.406 e. The van der Waals surface area contributed by atoms with Crippen molar-refractivity contribution in [3.05, 3.63) is 82.7 Å². The average Bonchev–Trinajstić information content (AvgIpc) is 2.96. The van der Waals surface area contributed by atoms with Gasteiger partial charge in [-0.2, -0.15) is 0 Å². The van der Waals surface area contributed by atoms with Crippen LogP contribution in [0.1, 0.15) is 11.1 Å². The van der Waals surface area contributed by atoms with Crippen LogP contribution in [0.3, 0.4) is 0 Å². The molecule has 1 fully saturated rings. The fourth-order valence-electron chi connectivity index (χ4n) is 2.43. The highest BCUT2D eigenvalue weighted by Crippen LogP contribution is 2.13. The van der Waals surface area contributed by atoms with E-state index in [4.69, 9.17) is 0 Å². The van der Waals surface area contributed by atoms with Gasteiger partial charge in [0, 0.05) is 7.11 Å². The zero-order chi connectivity index (χ0) is 17.6. The van der Waals surface area contributed by atoms with E-state index in [1.165, 1.54) is 7.11 Å². The van der Waals surface area contributed by atoms with E-state index in [0.29, 0.717) is 6.54 Å². The first-order chi connectivity index (χ1) is 12.2. The Bertz CT molecular complexity index is 856. The third-order valence-corrected chi connectivity index (χ3v) is 3.66. The highest BCUT2D eigenvalue weighted by molar-refractivity contribution is 6.72. The van der Waals surface area contributed by atoms with Crippen molar-refractivity contribution in [2.75, 3.05) is 7.11 Å². The molecule has 25 heavy (non-hydrogen) atoms. The number of carbonyl (C=O) groups is 1. The molecule has 126 valence electrons. The van der Waals surface area contributed by atoms with Gasteiger partial charge in [0.25, 0.3) is 5.78 Å². The number of amidine groups is 1. The van der Waals surface area contributed by atoms with E-state index in [1.807, 2.05) is 60.7 Å². The van der Waals surface area contributed by atoms with Gasteiger partial charge in [-0.1, -0.05) is 60.7 Å². The predicted octanol–water partition coefficient (Wildman–Crippen LogP) is 2.31. The number of ketones is 1. The number of benzene rings is 2. The summed E-state index contributed by atoms with van der Waals surface area (Å²) in [5, 5.41) is 14.9. The fraction of sp³-hybridized carbons (Fsp3) is 0.105. The number of rotatable bonds is 4. The Morgan fingerprint density at radius 1 is 1.12 bits per heavy atom. The van der Waals surface area contributed by atoms with Gasteiger partial charge in [0.15, 0.2) is 0 Å². The number of nitrogens with zero attached hydrogens (tertiary/aromatic N) is 2. The third-order valence-electron chi connectivity index (χ3n) is 3.66. The van der Waals surface area contributed by atoms with E-state index >= 15 is 0 Å². The van der Waals surface area contributed by atoms with E-state index in [1.54, 1.807) is 6.08 Å². The molecule has 1 aliphatic heterocycles. The minimum Gasteiger partial charge on any atom is -0.406 e. The maximum Gasteiger partial charge on any atom is 0.358 e.